The second-order valence-corrected chi connectivity index (χ2v) is 8.46. The molecule has 31 heavy (non-hydrogen) atoms. The third kappa shape index (κ3) is 4.50. The lowest BCUT2D eigenvalue weighted by molar-refractivity contribution is -0.141. The standard InChI is InChI=1S/C23H31N5O3/c1-15(16-7-9-17(10-8-16)18-11-12-25-27(18)2)26-22(29)19-5-3-13-28(19)23(30)21(24)20-6-4-14-31-20/h7-12,15,19-21H,3-6,13-14,24H2,1-2H3,(H,26,29). The van der Waals surface area contributed by atoms with E-state index in [0.29, 0.717) is 19.6 Å². The Bertz CT molecular complexity index is 920. The van der Waals surface area contributed by atoms with E-state index < -0.39 is 12.1 Å². The summed E-state index contributed by atoms with van der Waals surface area (Å²) in [5.74, 6) is -0.314. The van der Waals surface area contributed by atoms with E-state index in [2.05, 4.69) is 10.4 Å². The van der Waals surface area contributed by atoms with Gasteiger partial charge in [-0.05, 0) is 49.8 Å². The van der Waals surface area contributed by atoms with Crippen LogP contribution >= 0.6 is 0 Å². The molecule has 2 saturated heterocycles. The van der Waals surface area contributed by atoms with E-state index in [4.69, 9.17) is 10.5 Å². The Morgan fingerprint density at radius 1 is 1.19 bits per heavy atom. The number of nitrogens with zero attached hydrogens (tertiary/aromatic N) is 3. The number of ether oxygens (including phenoxy) is 1. The molecule has 166 valence electrons. The van der Waals surface area contributed by atoms with E-state index in [-0.39, 0.29) is 24.0 Å². The van der Waals surface area contributed by atoms with Crippen LogP contribution in [0.5, 0.6) is 0 Å². The molecule has 2 fully saturated rings. The van der Waals surface area contributed by atoms with Crippen LogP contribution in [-0.4, -0.2) is 57.8 Å². The molecular formula is C23H31N5O3. The van der Waals surface area contributed by atoms with Gasteiger partial charge in [0.1, 0.15) is 12.1 Å². The van der Waals surface area contributed by atoms with Crippen molar-refractivity contribution < 1.29 is 14.3 Å². The average Bonchev–Trinajstić information content (AvgIpc) is 3.54. The normalized spacial score (nSPS) is 23.0. The number of aryl methyl sites for hydroxylation is 1. The van der Waals surface area contributed by atoms with E-state index in [1.54, 1.807) is 11.1 Å². The molecule has 0 bridgehead atoms. The van der Waals surface area contributed by atoms with Crippen LogP contribution in [0, 0.1) is 0 Å². The fourth-order valence-electron chi connectivity index (χ4n) is 4.53. The molecule has 1 aromatic carbocycles. The van der Waals surface area contributed by atoms with Crippen molar-refractivity contribution in [3.8, 4) is 11.3 Å². The van der Waals surface area contributed by atoms with Gasteiger partial charge in [0, 0.05) is 26.4 Å². The maximum absolute atomic E-state index is 13.0. The quantitative estimate of drug-likeness (QED) is 0.734. The van der Waals surface area contributed by atoms with Gasteiger partial charge in [0.2, 0.25) is 11.8 Å². The van der Waals surface area contributed by atoms with Crippen LogP contribution in [0.1, 0.15) is 44.2 Å². The third-order valence-corrected chi connectivity index (χ3v) is 6.38. The van der Waals surface area contributed by atoms with Crippen LogP contribution in [0.4, 0.5) is 0 Å². The zero-order valence-electron chi connectivity index (χ0n) is 18.2. The van der Waals surface area contributed by atoms with Crippen molar-refractivity contribution in [2.75, 3.05) is 13.2 Å². The predicted molar refractivity (Wildman–Crippen MR) is 117 cm³/mol. The number of nitrogens with two attached hydrogens (primary N) is 1. The lowest BCUT2D eigenvalue weighted by Crippen LogP contribution is -2.54. The summed E-state index contributed by atoms with van der Waals surface area (Å²) in [6, 6.07) is 8.70. The Morgan fingerprint density at radius 2 is 1.97 bits per heavy atom. The molecule has 1 aromatic heterocycles. The highest BCUT2D eigenvalue weighted by molar-refractivity contribution is 5.90. The Hall–Kier alpha value is -2.71. The van der Waals surface area contributed by atoms with Crippen LogP contribution in [0.2, 0.25) is 0 Å². The molecular weight excluding hydrogens is 394 g/mol. The first-order valence-corrected chi connectivity index (χ1v) is 11.0. The highest BCUT2D eigenvalue weighted by atomic mass is 16.5. The van der Waals surface area contributed by atoms with E-state index in [1.165, 1.54) is 0 Å². The minimum atomic E-state index is -0.701. The minimum absolute atomic E-state index is 0.131. The molecule has 0 spiro atoms. The summed E-state index contributed by atoms with van der Waals surface area (Å²) in [5.41, 5.74) is 9.27. The van der Waals surface area contributed by atoms with Crippen LogP contribution < -0.4 is 11.1 Å². The number of carbonyl (C=O) groups is 2. The van der Waals surface area contributed by atoms with Gasteiger partial charge in [0.15, 0.2) is 0 Å². The Morgan fingerprint density at radius 3 is 2.61 bits per heavy atom. The summed E-state index contributed by atoms with van der Waals surface area (Å²) in [4.78, 5) is 27.6. The molecule has 3 N–H and O–H groups in total. The smallest absolute Gasteiger partial charge is 0.243 e. The molecule has 0 saturated carbocycles. The van der Waals surface area contributed by atoms with Gasteiger partial charge >= 0.3 is 0 Å². The highest BCUT2D eigenvalue weighted by Crippen LogP contribution is 2.24. The average molecular weight is 426 g/mol. The Kier molecular flexibility index (Phi) is 6.38. The number of hydrogen-bond acceptors (Lipinski definition) is 5. The second kappa shape index (κ2) is 9.20. The molecule has 2 aliphatic rings. The maximum Gasteiger partial charge on any atom is 0.243 e. The number of rotatable bonds is 6. The predicted octanol–water partition coefficient (Wildman–Crippen LogP) is 1.76. The van der Waals surface area contributed by atoms with Crippen molar-refractivity contribution in [2.24, 2.45) is 12.8 Å². The lowest BCUT2D eigenvalue weighted by Gasteiger charge is -2.29. The summed E-state index contributed by atoms with van der Waals surface area (Å²) in [7, 11) is 1.91. The van der Waals surface area contributed by atoms with Gasteiger partial charge in [-0.3, -0.25) is 14.3 Å². The monoisotopic (exact) mass is 425 g/mol. The largest absolute Gasteiger partial charge is 0.376 e. The van der Waals surface area contributed by atoms with Gasteiger partial charge < -0.3 is 20.7 Å². The van der Waals surface area contributed by atoms with Gasteiger partial charge in [0.25, 0.3) is 0 Å². The van der Waals surface area contributed by atoms with Gasteiger partial charge in [-0.1, -0.05) is 24.3 Å². The first-order chi connectivity index (χ1) is 15.0. The number of benzene rings is 1. The number of likely N-dealkylation sites (tertiary alicyclic amines) is 1. The molecule has 4 rings (SSSR count). The second-order valence-electron chi connectivity index (χ2n) is 8.46. The first-order valence-electron chi connectivity index (χ1n) is 11.0. The van der Waals surface area contributed by atoms with Crippen molar-refractivity contribution in [3.05, 3.63) is 42.1 Å². The fourth-order valence-corrected chi connectivity index (χ4v) is 4.53. The molecule has 2 amide bonds. The highest BCUT2D eigenvalue weighted by Gasteiger charge is 2.39. The minimum Gasteiger partial charge on any atom is -0.376 e. The molecule has 0 aliphatic carbocycles. The molecule has 8 heteroatoms. The van der Waals surface area contributed by atoms with Crippen LogP contribution in [0.15, 0.2) is 36.5 Å². The number of aromatic nitrogens is 2. The van der Waals surface area contributed by atoms with Gasteiger partial charge in [-0.25, -0.2) is 0 Å². The van der Waals surface area contributed by atoms with Crippen molar-refractivity contribution >= 4 is 11.8 Å². The van der Waals surface area contributed by atoms with Gasteiger partial charge in [-0.2, -0.15) is 5.10 Å². The van der Waals surface area contributed by atoms with E-state index >= 15 is 0 Å². The summed E-state index contributed by atoms with van der Waals surface area (Å²) >= 11 is 0. The number of hydrogen-bond donors (Lipinski definition) is 2. The Labute approximate surface area is 182 Å². The van der Waals surface area contributed by atoms with Crippen molar-refractivity contribution in [1.82, 2.24) is 20.0 Å². The Balaban J connectivity index is 1.38. The third-order valence-electron chi connectivity index (χ3n) is 6.38. The maximum atomic E-state index is 13.0. The summed E-state index contributed by atoms with van der Waals surface area (Å²) in [5, 5.41) is 7.28. The molecule has 8 nitrogen and oxygen atoms in total. The van der Waals surface area contributed by atoms with E-state index in [9.17, 15) is 9.59 Å². The lowest BCUT2D eigenvalue weighted by atomic mass is 10.0. The number of amides is 2. The zero-order valence-corrected chi connectivity index (χ0v) is 18.2. The van der Waals surface area contributed by atoms with Crippen LogP contribution in [0.25, 0.3) is 11.3 Å². The molecule has 4 atom stereocenters. The number of nitrogens with one attached hydrogen (secondary N) is 1. The topological polar surface area (TPSA) is 102 Å². The zero-order chi connectivity index (χ0) is 22.0. The summed E-state index contributed by atoms with van der Waals surface area (Å²) in [6.07, 6.45) is 4.70. The molecule has 2 aliphatic heterocycles. The molecule has 4 unspecified atom stereocenters. The van der Waals surface area contributed by atoms with E-state index in [0.717, 1.165) is 36.1 Å². The number of carbonyl (C=O) groups excluding carboxylic acids is 2. The summed E-state index contributed by atoms with van der Waals surface area (Å²) < 4.78 is 7.41. The fraction of sp³-hybridized carbons (Fsp3) is 0.522. The molecule has 2 aromatic rings. The van der Waals surface area contributed by atoms with Crippen molar-refractivity contribution in [1.29, 1.82) is 0 Å². The molecule has 3 heterocycles. The molecule has 0 radical (unpaired) electrons. The van der Waals surface area contributed by atoms with Gasteiger partial charge in [0.05, 0.1) is 17.8 Å². The first kappa shape index (κ1) is 21.5. The van der Waals surface area contributed by atoms with E-state index in [1.807, 2.05) is 49.0 Å². The SMILES string of the molecule is CC(NC(=O)C1CCCN1C(=O)C(N)C1CCCO1)c1ccc(-c2ccnn2C)cc1. The van der Waals surface area contributed by atoms with Crippen LogP contribution in [-0.2, 0) is 21.4 Å². The summed E-state index contributed by atoms with van der Waals surface area (Å²) in [6.45, 7) is 3.16. The van der Waals surface area contributed by atoms with Crippen molar-refractivity contribution in [3.63, 3.8) is 0 Å². The van der Waals surface area contributed by atoms with Gasteiger partial charge in [-0.15, -0.1) is 0 Å². The van der Waals surface area contributed by atoms with Crippen molar-refractivity contribution in [2.45, 2.75) is 56.8 Å². The van der Waals surface area contributed by atoms with Crippen LogP contribution in [0.3, 0.4) is 0 Å².